The zero-order valence-corrected chi connectivity index (χ0v) is 14.7. The first-order valence-corrected chi connectivity index (χ1v) is 9.63. The van der Waals surface area contributed by atoms with E-state index in [0.29, 0.717) is 25.9 Å². The quantitative estimate of drug-likeness (QED) is 0.759. The van der Waals surface area contributed by atoms with Crippen molar-refractivity contribution in [1.82, 2.24) is 9.62 Å². The smallest absolute Gasteiger partial charge is 0.241 e. The van der Waals surface area contributed by atoms with Gasteiger partial charge in [-0.3, -0.25) is 9.69 Å². The summed E-state index contributed by atoms with van der Waals surface area (Å²) in [5.41, 5.74) is -0.427. The van der Waals surface area contributed by atoms with E-state index in [0.717, 1.165) is 18.4 Å². The lowest BCUT2D eigenvalue weighted by Gasteiger charge is -2.35. The van der Waals surface area contributed by atoms with Crippen LogP contribution in [0.25, 0.3) is 0 Å². The molecule has 1 unspecified atom stereocenters. The summed E-state index contributed by atoms with van der Waals surface area (Å²) in [5, 5.41) is 2.25. The average Bonchev–Trinajstić information content (AvgIpc) is 2.54. The van der Waals surface area contributed by atoms with Crippen molar-refractivity contribution in [3.8, 4) is 0 Å². The van der Waals surface area contributed by atoms with E-state index in [1.54, 1.807) is 6.92 Å². The minimum absolute atomic E-state index is 0.190. The third-order valence-electron chi connectivity index (χ3n) is 4.13. The lowest BCUT2D eigenvalue weighted by Crippen LogP contribution is -2.50. The summed E-state index contributed by atoms with van der Waals surface area (Å²) in [6, 6.07) is 0.874. The van der Waals surface area contributed by atoms with Crippen LogP contribution in [0.1, 0.15) is 19.8 Å². The summed E-state index contributed by atoms with van der Waals surface area (Å²) in [6.07, 6.45) is 2.15. The Hall–Kier alpha value is -1.65. The molecule has 1 aromatic carbocycles. The topological polar surface area (TPSA) is 78.5 Å². The lowest BCUT2D eigenvalue weighted by atomic mass is 10.0. The van der Waals surface area contributed by atoms with Crippen LogP contribution in [-0.2, 0) is 14.8 Å². The van der Waals surface area contributed by atoms with Gasteiger partial charge in [-0.2, -0.15) is 0 Å². The number of nitrogens with one attached hydrogen (secondary N) is 2. The zero-order valence-electron chi connectivity index (χ0n) is 13.9. The van der Waals surface area contributed by atoms with Gasteiger partial charge in [-0.05, 0) is 31.9 Å². The molecule has 1 aliphatic heterocycles. The largest absolute Gasteiger partial charge is 0.322 e. The Labute approximate surface area is 144 Å². The van der Waals surface area contributed by atoms with Gasteiger partial charge in [-0.25, -0.2) is 26.3 Å². The predicted octanol–water partition coefficient (Wildman–Crippen LogP) is 1.44. The Morgan fingerprint density at radius 3 is 2.36 bits per heavy atom. The van der Waals surface area contributed by atoms with Crippen molar-refractivity contribution in [2.24, 2.45) is 0 Å². The molecule has 6 nitrogen and oxygen atoms in total. The van der Waals surface area contributed by atoms with Gasteiger partial charge in [0.05, 0.1) is 18.0 Å². The number of halogens is 3. The summed E-state index contributed by atoms with van der Waals surface area (Å²) in [6.45, 7) is 2.56. The van der Waals surface area contributed by atoms with E-state index in [2.05, 4.69) is 10.0 Å². The molecule has 25 heavy (non-hydrogen) atoms. The molecule has 10 heteroatoms. The van der Waals surface area contributed by atoms with Gasteiger partial charge >= 0.3 is 0 Å². The molecule has 0 bridgehead atoms. The fourth-order valence-electron chi connectivity index (χ4n) is 2.73. The van der Waals surface area contributed by atoms with Gasteiger partial charge in [-0.1, -0.05) is 0 Å². The highest BCUT2D eigenvalue weighted by Gasteiger charge is 2.28. The predicted molar refractivity (Wildman–Crippen MR) is 87.0 cm³/mol. The number of rotatable bonds is 5. The maximum absolute atomic E-state index is 13.6. The van der Waals surface area contributed by atoms with E-state index in [4.69, 9.17) is 0 Å². The number of nitrogens with zero attached hydrogens (tertiary/aromatic N) is 1. The van der Waals surface area contributed by atoms with Crippen LogP contribution in [0.5, 0.6) is 0 Å². The van der Waals surface area contributed by atoms with E-state index >= 15 is 0 Å². The van der Waals surface area contributed by atoms with Crippen LogP contribution in [-0.4, -0.2) is 50.7 Å². The van der Waals surface area contributed by atoms with Crippen LogP contribution < -0.4 is 10.0 Å². The third kappa shape index (κ3) is 5.16. The van der Waals surface area contributed by atoms with Gasteiger partial charge in [0.25, 0.3) is 0 Å². The molecule has 1 amide bonds. The van der Waals surface area contributed by atoms with Crippen LogP contribution in [0, 0.1) is 17.5 Å². The number of carbonyl (C=O) groups excluding carboxylic acids is 1. The highest BCUT2D eigenvalue weighted by Crippen LogP contribution is 2.21. The molecule has 0 aliphatic carbocycles. The van der Waals surface area contributed by atoms with E-state index in [9.17, 15) is 26.4 Å². The van der Waals surface area contributed by atoms with E-state index < -0.39 is 45.1 Å². The molecule has 2 rings (SSSR count). The van der Waals surface area contributed by atoms with Crippen molar-refractivity contribution in [2.45, 2.75) is 31.8 Å². The average molecular weight is 379 g/mol. The highest BCUT2D eigenvalue weighted by molar-refractivity contribution is 7.88. The molecule has 1 aromatic rings. The molecule has 0 saturated carbocycles. The van der Waals surface area contributed by atoms with Crippen molar-refractivity contribution in [2.75, 3.05) is 24.7 Å². The summed E-state index contributed by atoms with van der Waals surface area (Å²) in [4.78, 5) is 14.0. The van der Waals surface area contributed by atoms with Crippen molar-refractivity contribution in [1.29, 1.82) is 0 Å². The van der Waals surface area contributed by atoms with Gasteiger partial charge in [-0.15, -0.1) is 0 Å². The van der Waals surface area contributed by atoms with Crippen LogP contribution in [0.15, 0.2) is 12.1 Å². The van der Waals surface area contributed by atoms with Crippen molar-refractivity contribution < 1.29 is 26.4 Å². The molecule has 1 atom stereocenters. The minimum Gasteiger partial charge on any atom is -0.322 e. The second kappa shape index (κ2) is 7.71. The third-order valence-corrected chi connectivity index (χ3v) is 4.89. The Morgan fingerprint density at radius 2 is 1.80 bits per heavy atom. The first-order chi connectivity index (χ1) is 11.6. The summed E-state index contributed by atoms with van der Waals surface area (Å²) in [5.74, 6) is -4.97. The molecule has 0 spiro atoms. The van der Waals surface area contributed by atoms with Gasteiger partial charge < -0.3 is 5.32 Å². The zero-order chi connectivity index (χ0) is 18.8. The number of sulfonamides is 1. The van der Waals surface area contributed by atoms with E-state index in [1.165, 1.54) is 0 Å². The van der Waals surface area contributed by atoms with E-state index in [1.807, 2.05) is 4.90 Å². The second-order valence-electron chi connectivity index (χ2n) is 6.09. The Bertz CT molecular complexity index is 750. The monoisotopic (exact) mass is 379 g/mol. The van der Waals surface area contributed by atoms with Gasteiger partial charge in [0.15, 0.2) is 17.5 Å². The molecule has 0 radical (unpaired) electrons. The minimum atomic E-state index is -3.29. The maximum atomic E-state index is 13.6. The first-order valence-electron chi connectivity index (χ1n) is 7.74. The second-order valence-corrected chi connectivity index (χ2v) is 7.87. The highest BCUT2D eigenvalue weighted by atomic mass is 32.2. The number of benzene rings is 1. The lowest BCUT2D eigenvalue weighted by molar-refractivity contribution is -0.121. The standard InChI is InChI=1S/C15H20F3N3O3S/c1-9(21-7-5-10(6-8-21)20-25(2,23)24)15(22)19-12-4-3-11(16)13(17)14(12)18/h3-4,9-10,20H,5-8H2,1-2H3,(H,19,22). The number of piperidine rings is 1. The fraction of sp³-hybridized carbons (Fsp3) is 0.533. The maximum Gasteiger partial charge on any atom is 0.241 e. The molecule has 1 heterocycles. The number of likely N-dealkylation sites (tertiary alicyclic amines) is 1. The van der Waals surface area contributed by atoms with Gasteiger partial charge in [0, 0.05) is 19.1 Å². The molecule has 1 saturated heterocycles. The molecule has 1 fully saturated rings. The van der Waals surface area contributed by atoms with E-state index in [-0.39, 0.29) is 6.04 Å². The number of carbonyl (C=O) groups is 1. The normalized spacial score (nSPS) is 18.1. The Kier molecular flexibility index (Phi) is 6.07. The molecular weight excluding hydrogens is 359 g/mol. The fourth-order valence-corrected chi connectivity index (χ4v) is 3.57. The molecule has 2 N–H and O–H groups in total. The SMILES string of the molecule is CC(C(=O)Nc1ccc(F)c(F)c1F)N1CCC(NS(C)(=O)=O)CC1. The van der Waals surface area contributed by atoms with Crippen LogP contribution in [0.2, 0.25) is 0 Å². The first kappa shape index (κ1) is 19.7. The number of anilines is 1. The van der Waals surface area contributed by atoms with Gasteiger partial charge in [0.1, 0.15) is 0 Å². The van der Waals surface area contributed by atoms with Crippen LogP contribution in [0.3, 0.4) is 0 Å². The number of hydrogen-bond donors (Lipinski definition) is 2. The molecule has 0 aromatic heterocycles. The Morgan fingerprint density at radius 1 is 1.20 bits per heavy atom. The summed E-state index contributed by atoms with van der Waals surface area (Å²) in [7, 11) is -3.29. The summed E-state index contributed by atoms with van der Waals surface area (Å²) >= 11 is 0. The molecular formula is C15H20F3N3O3S. The van der Waals surface area contributed by atoms with Crippen molar-refractivity contribution in [3.05, 3.63) is 29.6 Å². The van der Waals surface area contributed by atoms with Crippen LogP contribution >= 0.6 is 0 Å². The van der Waals surface area contributed by atoms with Crippen molar-refractivity contribution in [3.63, 3.8) is 0 Å². The molecule has 140 valence electrons. The Balaban J connectivity index is 1.94. The number of amides is 1. The molecule has 1 aliphatic rings. The summed E-state index contributed by atoms with van der Waals surface area (Å²) < 4.78 is 64.7. The van der Waals surface area contributed by atoms with Crippen LogP contribution in [0.4, 0.5) is 18.9 Å². The number of hydrogen-bond acceptors (Lipinski definition) is 4. The van der Waals surface area contributed by atoms with Gasteiger partial charge in [0.2, 0.25) is 15.9 Å². The van der Waals surface area contributed by atoms with Crippen molar-refractivity contribution >= 4 is 21.6 Å².